The molecule has 0 aliphatic rings. The molecule has 0 saturated carbocycles. The number of benzene rings is 1. The first-order valence-corrected chi connectivity index (χ1v) is 11.4. The van der Waals surface area contributed by atoms with Gasteiger partial charge in [0.25, 0.3) is 5.91 Å². The molecule has 0 fully saturated rings. The number of nitrogens with one attached hydrogen (secondary N) is 2. The third kappa shape index (κ3) is 4.44. The Hall–Kier alpha value is -2.97. The summed E-state index contributed by atoms with van der Waals surface area (Å²) in [6.07, 6.45) is 3.88. The summed E-state index contributed by atoms with van der Waals surface area (Å²) in [5.41, 5.74) is 1.36. The molecule has 2 amide bonds. The van der Waals surface area contributed by atoms with E-state index < -0.39 is 6.04 Å². The third-order valence-electron chi connectivity index (χ3n) is 4.72. The second-order valence-electron chi connectivity index (χ2n) is 7.26. The number of carbonyl (C=O) groups excluding carboxylic acids is 2. The molecule has 0 unspecified atom stereocenters. The van der Waals surface area contributed by atoms with Crippen molar-refractivity contribution in [3.8, 4) is 5.13 Å². The SMILES string of the molecule is CC(C)[C@H](NC(=O)c1ccc2nc(-n3cccc3)sc2c1)C(=O)NCc1cccs1. The summed E-state index contributed by atoms with van der Waals surface area (Å²) in [6.45, 7) is 4.31. The Kier molecular flexibility index (Phi) is 5.96. The van der Waals surface area contributed by atoms with E-state index in [1.54, 1.807) is 17.4 Å². The van der Waals surface area contributed by atoms with Crippen molar-refractivity contribution < 1.29 is 9.59 Å². The molecule has 0 spiro atoms. The maximum atomic E-state index is 12.9. The summed E-state index contributed by atoms with van der Waals surface area (Å²) >= 11 is 3.11. The van der Waals surface area contributed by atoms with Crippen LogP contribution in [0.1, 0.15) is 29.1 Å². The van der Waals surface area contributed by atoms with Gasteiger partial charge in [0.1, 0.15) is 6.04 Å². The van der Waals surface area contributed by atoms with E-state index in [0.717, 1.165) is 20.2 Å². The van der Waals surface area contributed by atoms with Gasteiger partial charge in [-0.3, -0.25) is 9.59 Å². The minimum atomic E-state index is -0.606. The predicted octanol–water partition coefficient (Wildman–Crippen LogP) is 4.22. The minimum Gasteiger partial charge on any atom is -0.349 e. The second-order valence-corrected chi connectivity index (χ2v) is 9.30. The highest BCUT2D eigenvalue weighted by atomic mass is 32.1. The van der Waals surface area contributed by atoms with Gasteiger partial charge >= 0.3 is 0 Å². The van der Waals surface area contributed by atoms with Crippen LogP contribution in [0, 0.1) is 5.92 Å². The van der Waals surface area contributed by atoms with Gasteiger partial charge in [0.05, 0.1) is 16.8 Å². The molecule has 154 valence electrons. The van der Waals surface area contributed by atoms with E-state index in [9.17, 15) is 9.59 Å². The van der Waals surface area contributed by atoms with Crippen LogP contribution in [0.25, 0.3) is 15.3 Å². The second kappa shape index (κ2) is 8.81. The summed E-state index contributed by atoms with van der Waals surface area (Å²) in [5.74, 6) is -0.483. The van der Waals surface area contributed by atoms with Gasteiger partial charge in [-0.25, -0.2) is 4.98 Å². The van der Waals surface area contributed by atoms with E-state index in [0.29, 0.717) is 12.1 Å². The Morgan fingerprint density at radius 3 is 2.63 bits per heavy atom. The fraction of sp³-hybridized carbons (Fsp3) is 0.227. The number of carbonyl (C=O) groups is 2. The van der Waals surface area contributed by atoms with E-state index >= 15 is 0 Å². The molecule has 8 heteroatoms. The normalized spacial score (nSPS) is 12.2. The van der Waals surface area contributed by atoms with Crippen molar-refractivity contribution in [1.82, 2.24) is 20.2 Å². The monoisotopic (exact) mass is 438 g/mol. The Morgan fingerprint density at radius 1 is 1.13 bits per heavy atom. The lowest BCUT2D eigenvalue weighted by Crippen LogP contribution is -2.49. The Balaban J connectivity index is 1.47. The van der Waals surface area contributed by atoms with Gasteiger partial charge in [0, 0.05) is 22.8 Å². The van der Waals surface area contributed by atoms with Crippen molar-refractivity contribution in [3.05, 3.63) is 70.7 Å². The molecule has 0 bridgehead atoms. The van der Waals surface area contributed by atoms with Crippen molar-refractivity contribution in [1.29, 1.82) is 0 Å². The molecule has 6 nitrogen and oxygen atoms in total. The lowest BCUT2D eigenvalue weighted by Gasteiger charge is -2.21. The predicted molar refractivity (Wildman–Crippen MR) is 121 cm³/mol. The van der Waals surface area contributed by atoms with E-state index in [1.165, 1.54) is 11.3 Å². The zero-order valence-electron chi connectivity index (χ0n) is 16.7. The Morgan fingerprint density at radius 2 is 1.93 bits per heavy atom. The smallest absolute Gasteiger partial charge is 0.251 e. The van der Waals surface area contributed by atoms with Crippen LogP contribution >= 0.6 is 22.7 Å². The number of fused-ring (bicyclic) bond motifs is 1. The van der Waals surface area contributed by atoms with E-state index in [4.69, 9.17) is 0 Å². The van der Waals surface area contributed by atoms with E-state index in [1.807, 2.05) is 72.6 Å². The summed E-state index contributed by atoms with van der Waals surface area (Å²) < 4.78 is 2.87. The van der Waals surface area contributed by atoms with Gasteiger partial charge in [-0.2, -0.15) is 0 Å². The number of amides is 2. The van der Waals surface area contributed by atoms with Crippen LogP contribution in [-0.2, 0) is 11.3 Å². The molecule has 0 saturated heterocycles. The number of nitrogens with zero attached hydrogens (tertiary/aromatic N) is 2. The molecule has 0 aliphatic carbocycles. The van der Waals surface area contributed by atoms with Crippen molar-refractivity contribution >= 4 is 44.7 Å². The molecule has 4 rings (SSSR count). The third-order valence-corrected chi connectivity index (χ3v) is 6.63. The Labute approximate surface area is 182 Å². The molecular formula is C22H22N4O2S2. The highest BCUT2D eigenvalue weighted by Crippen LogP contribution is 2.26. The summed E-state index contributed by atoms with van der Waals surface area (Å²) in [4.78, 5) is 31.2. The number of hydrogen-bond donors (Lipinski definition) is 2. The van der Waals surface area contributed by atoms with Crippen molar-refractivity contribution in [2.75, 3.05) is 0 Å². The maximum absolute atomic E-state index is 12.9. The van der Waals surface area contributed by atoms with E-state index in [2.05, 4.69) is 15.6 Å². The topological polar surface area (TPSA) is 76.0 Å². The van der Waals surface area contributed by atoms with Crippen LogP contribution in [0.15, 0.2) is 60.2 Å². The molecule has 0 aliphatic heterocycles. The first-order chi connectivity index (χ1) is 14.5. The van der Waals surface area contributed by atoms with Crippen molar-refractivity contribution in [3.63, 3.8) is 0 Å². The van der Waals surface area contributed by atoms with Gasteiger partial charge < -0.3 is 15.2 Å². The van der Waals surface area contributed by atoms with Crippen LogP contribution < -0.4 is 10.6 Å². The average molecular weight is 439 g/mol. The first-order valence-electron chi connectivity index (χ1n) is 9.66. The molecule has 3 heterocycles. The number of hydrogen-bond acceptors (Lipinski definition) is 5. The number of thiophene rings is 1. The standard InChI is InChI=1S/C22H22N4O2S2/c1-14(2)19(21(28)23-13-16-6-5-11-29-16)25-20(27)15-7-8-17-18(12-15)30-22(24-17)26-9-3-4-10-26/h3-12,14,19H,13H2,1-2H3,(H,23,28)(H,25,27)/t19-/m0/s1. The number of rotatable bonds is 7. The van der Waals surface area contributed by atoms with Crippen LogP contribution in [0.5, 0.6) is 0 Å². The fourth-order valence-corrected chi connectivity index (χ4v) is 4.70. The van der Waals surface area contributed by atoms with E-state index in [-0.39, 0.29) is 17.7 Å². The maximum Gasteiger partial charge on any atom is 0.251 e. The van der Waals surface area contributed by atoms with Crippen LogP contribution in [0.2, 0.25) is 0 Å². The highest BCUT2D eigenvalue weighted by Gasteiger charge is 2.24. The number of thiazole rings is 1. The lowest BCUT2D eigenvalue weighted by atomic mass is 10.0. The number of aromatic nitrogens is 2. The molecule has 30 heavy (non-hydrogen) atoms. The van der Waals surface area contributed by atoms with Crippen LogP contribution in [0.3, 0.4) is 0 Å². The summed E-state index contributed by atoms with van der Waals surface area (Å²) in [6, 6.07) is 12.6. The Bertz CT molecular complexity index is 1150. The van der Waals surface area contributed by atoms with Gasteiger partial charge in [-0.1, -0.05) is 31.3 Å². The van der Waals surface area contributed by atoms with Gasteiger partial charge in [0.2, 0.25) is 5.91 Å². The summed E-state index contributed by atoms with van der Waals surface area (Å²) in [5, 5.41) is 8.63. The lowest BCUT2D eigenvalue weighted by molar-refractivity contribution is -0.124. The average Bonchev–Trinajstić information content (AvgIpc) is 3.49. The van der Waals surface area contributed by atoms with Gasteiger partial charge in [-0.15, -0.1) is 11.3 Å². The van der Waals surface area contributed by atoms with Crippen LogP contribution in [0.4, 0.5) is 0 Å². The highest BCUT2D eigenvalue weighted by molar-refractivity contribution is 7.20. The molecule has 4 aromatic rings. The summed E-state index contributed by atoms with van der Waals surface area (Å²) in [7, 11) is 0. The first kappa shape index (κ1) is 20.3. The molecule has 2 N–H and O–H groups in total. The van der Waals surface area contributed by atoms with Gasteiger partial charge in [-0.05, 0) is 47.7 Å². The zero-order valence-corrected chi connectivity index (χ0v) is 18.3. The molecule has 0 radical (unpaired) electrons. The van der Waals surface area contributed by atoms with Crippen molar-refractivity contribution in [2.24, 2.45) is 5.92 Å². The van der Waals surface area contributed by atoms with Crippen LogP contribution in [-0.4, -0.2) is 27.4 Å². The molecular weight excluding hydrogens is 416 g/mol. The quantitative estimate of drug-likeness (QED) is 0.454. The minimum absolute atomic E-state index is 0.0373. The zero-order chi connectivity index (χ0) is 21.1. The molecule has 3 aromatic heterocycles. The largest absolute Gasteiger partial charge is 0.349 e. The van der Waals surface area contributed by atoms with Crippen molar-refractivity contribution in [2.45, 2.75) is 26.4 Å². The fourth-order valence-electron chi connectivity index (χ4n) is 3.08. The van der Waals surface area contributed by atoms with Gasteiger partial charge in [0.15, 0.2) is 5.13 Å². The molecule has 1 atom stereocenters. The molecule has 1 aromatic carbocycles.